The van der Waals surface area contributed by atoms with Crippen molar-refractivity contribution in [1.82, 2.24) is 15.1 Å². The van der Waals surface area contributed by atoms with E-state index in [-0.39, 0.29) is 17.4 Å². The number of aliphatic hydroxyl groups is 1. The molecule has 4 rings (SSSR count). The largest absolute Gasteiger partial charge is 0.391 e. The second-order valence-electron chi connectivity index (χ2n) is 8.57. The number of aromatic amines is 1. The molecule has 26 heavy (non-hydrogen) atoms. The third-order valence-corrected chi connectivity index (χ3v) is 5.85. The van der Waals surface area contributed by atoms with Gasteiger partial charge in [0, 0.05) is 28.9 Å². The predicted molar refractivity (Wildman–Crippen MR) is 101 cm³/mol. The highest BCUT2D eigenvalue weighted by atomic mass is 16.3. The quantitative estimate of drug-likeness (QED) is 0.886. The lowest BCUT2D eigenvalue weighted by atomic mass is 9.90. The normalized spacial score (nSPS) is 20.2. The molecule has 1 amide bonds. The minimum atomic E-state index is -0.533. The first-order valence-electron chi connectivity index (χ1n) is 9.49. The van der Waals surface area contributed by atoms with Gasteiger partial charge in [0.1, 0.15) is 0 Å². The van der Waals surface area contributed by atoms with E-state index in [2.05, 4.69) is 30.1 Å². The van der Waals surface area contributed by atoms with Crippen LogP contribution in [0.25, 0.3) is 11.3 Å². The molecule has 5 heteroatoms. The maximum atomic E-state index is 12.8. The lowest BCUT2D eigenvalue weighted by molar-refractivity contribution is 0.0419. The number of hydrogen-bond donors (Lipinski definition) is 2. The Balaban J connectivity index is 1.67. The van der Waals surface area contributed by atoms with Crippen molar-refractivity contribution in [2.45, 2.75) is 65.6 Å². The number of carbonyl (C=O) groups is 1. The Bertz CT molecular complexity index is 866. The van der Waals surface area contributed by atoms with E-state index in [4.69, 9.17) is 0 Å². The van der Waals surface area contributed by atoms with Crippen LogP contribution in [0.2, 0.25) is 0 Å². The van der Waals surface area contributed by atoms with Crippen molar-refractivity contribution in [1.29, 1.82) is 0 Å². The predicted octanol–water partition coefficient (Wildman–Crippen LogP) is 3.32. The Morgan fingerprint density at radius 1 is 1.35 bits per heavy atom. The van der Waals surface area contributed by atoms with Gasteiger partial charge in [-0.1, -0.05) is 26.8 Å². The molecule has 1 unspecified atom stereocenters. The zero-order valence-electron chi connectivity index (χ0n) is 16.0. The average molecular weight is 353 g/mol. The number of aromatic nitrogens is 2. The lowest BCUT2D eigenvalue weighted by Crippen LogP contribution is -2.42. The molecule has 0 fully saturated rings. The average Bonchev–Trinajstić information content (AvgIpc) is 3.18. The van der Waals surface area contributed by atoms with Gasteiger partial charge in [0.25, 0.3) is 5.91 Å². The Labute approximate surface area is 154 Å². The molecule has 2 aliphatic rings. The monoisotopic (exact) mass is 353 g/mol. The fourth-order valence-electron chi connectivity index (χ4n) is 4.58. The first-order chi connectivity index (χ1) is 12.3. The number of nitrogens with zero attached hydrogens (tertiary/aromatic N) is 2. The van der Waals surface area contributed by atoms with Gasteiger partial charge in [-0.2, -0.15) is 5.10 Å². The van der Waals surface area contributed by atoms with Crippen molar-refractivity contribution in [2.75, 3.05) is 0 Å². The molecule has 0 bridgehead atoms. The number of amides is 1. The fourth-order valence-corrected chi connectivity index (χ4v) is 4.58. The molecule has 2 aromatic rings. The van der Waals surface area contributed by atoms with Gasteiger partial charge in [0.2, 0.25) is 0 Å². The molecule has 2 N–H and O–H groups in total. The number of fused-ring (bicyclic) bond motifs is 2. The molecular weight excluding hydrogens is 326 g/mol. The van der Waals surface area contributed by atoms with Crippen molar-refractivity contribution < 1.29 is 9.90 Å². The molecule has 5 nitrogen and oxygen atoms in total. The van der Waals surface area contributed by atoms with Crippen molar-refractivity contribution in [3.05, 3.63) is 40.6 Å². The zero-order valence-corrected chi connectivity index (χ0v) is 16.0. The number of benzene rings is 1. The van der Waals surface area contributed by atoms with Crippen LogP contribution in [0.5, 0.6) is 0 Å². The third-order valence-electron chi connectivity index (χ3n) is 5.85. The number of aliphatic hydroxyl groups excluding tert-OH is 1. The van der Waals surface area contributed by atoms with Crippen LogP contribution in [0.3, 0.4) is 0 Å². The number of H-pyrrole nitrogens is 1. The molecule has 2 atom stereocenters. The maximum absolute atomic E-state index is 12.8. The standard InChI is InChI=1S/C21H27N3O2/c1-5-18(12(2)25)24-11-14-8-13(6-7-15(14)20(24)26)19-16-9-21(3,4)10-17(16)22-23-19/h6-8,12,18,25H,5,9-11H2,1-4H3,(H,22,23)/t12?,18-/m0/s1. The van der Waals surface area contributed by atoms with E-state index in [0.717, 1.165) is 41.6 Å². The Morgan fingerprint density at radius 3 is 2.81 bits per heavy atom. The lowest BCUT2D eigenvalue weighted by Gasteiger charge is -2.29. The Kier molecular flexibility index (Phi) is 3.95. The van der Waals surface area contributed by atoms with Crippen LogP contribution in [0.4, 0.5) is 0 Å². The molecule has 1 aromatic heterocycles. The molecule has 0 saturated carbocycles. The summed E-state index contributed by atoms with van der Waals surface area (Å²) in [7, 11) is 0. The number of hydrogen-bond acceptors (Lipinski definition) is 3. The van der Waals surface area contributed by atoms with Crippen LogP contribution in [-0.4, -0.2) is 38.3 Å². The molecule has 1 aliphatic heterocycles. The maximum Gasteiger partial charge on any atom is 0.254 e. The Morgan fingerprint density at radius 2 is 2.12 bits per heavy atom. The van der Waals surface area contributed by atoms with Crippen molar-refractivity contribution in [3.8, 4) is 11.3 Å². The van der Waals surface area contributed by atoms with Gasteiger partial charge in [0.05, 0.1) is 17.8 Å². The van der Waals surface area contributed by atoms with Gasteiger partial charge in [-0.15, -0.1) is 0 Å². The summed E-state index contributed by atoms with van der Waals surface area (Å²) < 4.78 is 0. The summed E-state index contributed by atoms with van der Waals surface area (Å²) in [5, 5.41) is 17.8. The van der Waals surface area contributed by atoms with Gasteiger partial charge in [-0.3, -0.25) is 9.89 Å². The topological polar surface area (TPSA) is 69.2 Å². The molecule has 1 aromatic carbocycles. The minimum Gasteiger partial charge on any atom is -0.391 e. The van der Waals surface area contributed by atoms with E-state index in [9.17, 15) is 9.90 Å². The summed E-state index contributed by atoms with van der Waals surface area (Å²) in [5.41, 5.74) is 6.69. The van der Waals surface area contributed by atoms with Crippen LogP contribution in [0, 0.1) is 5.41 Å². The van der Waals surface area contributed by atoms with E-state index in [1.165, 1.54) is 11.3 Å². The molecule has 0 radical (unpaired) electrons. The van der Waals surface area contributed by atoms with Gasteiger partial charge in [-0.05, 0) is 49.3 Å². The van der Waals surface area contributed by atoms with Crippen molar-refractivity contribution in [3.63, 3.8) is 0 Å². The van der Waals surface area contributed by atoms with Crippen LogP contribution in [0.15, 0.2) is 18.2 Å². The highest BCUT2D eigenvalue weighted by Gasteiger charge is 2.36. The fraction of sp³-hybridized carbons (Fsp3) is 0.524. The van der Waals surface area contributed by atoms with Crippen LogP contribution < -0.4 is 0 Å². The summed E-state index contributed by atoms with van der Waals surface area (Å²) >= 11 is 0. The molecule has 138 valence electrons. The molecule has 1 aliphatic carbocycles. The van der Waals surface area contributed by atoms with Crippen molar-refractivity contribution in [2.24, 2.45) is 5.41 Å². The highest BCUT2D eigenvalue weighted by Crippen LogP contribution is 2.40. The summed E-state index contributed by atoms with van der Waals surface area (Å²) in [6.07, 6.45) is 2.26. The molecular formula is C21H27N3O2. The second-order valence-corrected chi connectivity index (χ2v) is 8.57. The number of nitrogens with one attached hydrogen (secondary N) is 1. The second kappa shape index (κ2) is 5.95. The van der Waals surface area contributed by atoms with Crippen LogP contribution in [0.1, 0.15) is 61.3 Å². The third kappa shape index (κ3) is 2.65. The molecule has 0 spiro atoms. The van der Waals surface area contributed by atoms with Gasteiger partial charge >= 0.3 is 0 Å². The van der Waals surface area contributed by atoms with E-state index in [1.54, 1.807) is 11.8 Å². The van der Waals surface area contributed by atoms with Crippen molar-refractivity contribution >= 4 is 5.91 Å². The van der Waals surface area contributed by atoms with Crippen LogP contribution >= 0.6 is 0 Å². The molecule has 0 saturated heterocycles. The summed E-state index contributed by atoms with van der Waals surface area (Å²) in [4.78, 5) is 14.6. The summed E-state index contributed by atoms with van der Waals surface area (Å²) in [5.74, 6) is 0.0210. The van der Waals surface area contributed by atoms with Crippen LogP contribution in [-0.2, 0) is 19.4 Å². The van der Waals surface area contributed by atoms with Gasteiger partial charge in [-0.25, -0.2) is 0 Å². The number of rotatable bonds is 4. The zero-order chi connectivity index (χ0) is 18.6. The highest BCUT2D eigenvalue weighted by molar-refractivity contribution is 5.99. The van der Waals surface area contributed by atoms with E-state index in [1.807, 2.05) is 19.1 Å². The number of carbonyl (C=O) groups excluding carboxylic acids is 1. The first-order valence-corrected chi connectivity index (χ1v) is 9.49. The van der Waals surface area contributed by atoms with Gasteiger partial charge in [0.15, 0.2) is 0 Å². The van der Waals surface area contributed by atoms with E-state index in [0.29, 0.717) is 6.54 Å². The summed E-state index contributed by atoms with van der Waals surface area (Å²) in [6.45, 7) is 8.89. The van der Waals surface area contributed by atoms with E-state index < -0.39 is 6.10 Å². The van der Waals surface area contributed by atoms with Gasteiger partial charge < -0.3 is 10.0 Å². The molecule has 2 heterocycles. The Hall–Kier alpha value is -2.14. The smallest absolute Gasteiger partial charge is 0.254 e. The minimum absolute atomic E-state index is 0.0210. The SMILES string of the molecule is CC[C@@H](C(C)O)N1Cc2cc(-c3n[nH]c4c3CC(C)(C)C4)ccc2C1=O. The van der Waals surface area contributed by atoms with E-state index >= 15 is 0 Å². The first kappa shape index (κ1) is 17.3. The summed E-state index contributed by atoms with van der Waals surface area (Å²) in [6, 6.07) is 5.88.